The summed E-state index contributed by atoms with van der Waals surface area (Å²) < 4.78 is 1.06. The van der Waals surface area contributed by atoms with E-state index < -0.39 is 0 Å². The van der Waals surface area contributed by atoms with Gasteiger partial charge in [-0.2, -0.15) is 0 Å². The summed E-state index contributed by atoms with van der Waals surface area (Å²) in [5.41, 5.74) is 0. The van der Waals surface area contributed by atoms with Crippen LogP contribution in [0.4, 0.5) is 0 Å². The van der Waals surface area contributed by atoms with Crippen molar-refractivity contribution in [2.24, 2.45) is 0 Å². The molecular weight excluding hydrogens is 318 g/mol. The van der Waals surface area contributed by atoms with Gasteiger partial charge in [0.1, 0.15) is 0 Å². The molecule has 1 rings (SSSR count). The minimum Gasteiger partial charge on any atom is -0.340 e. The molecule has 0 atom stereocenters. The molecule has 1 N–H and O–H groups in total. The first-order valence-corrected chi connectivity index (χ1v) is 5.76. The molecule has 0 unspecified atom stereocenters. The Morgan fingerprint density at radius 1 is 1.62 bits per heavy atom. The molecule has 0 aliphatic rings. The van der Waals surface area contributed by atoms with E-state index in [1.54, 1.807) is 11.3 Å². The molecule has 0 radical (unpaired) electrons. The van der Waals surface area contributed by atoms with Gasteiger partial charge in [-0.15, -0.1) is 11.3 Å². The van der Waals surface area contributed by atoms with E-state index in [-0.39, 0.29) is 5.91 Å². The molecule has 1 amide bonds. The van der Waals surface area contributed by atoms with Crippen LogP contribution in [0.5, 0.6) is 0 Å². The Balaban J connectivity index is 2.42. The predicted octanol–water partition coefficient (Wildman–Crippen LogP) is 2.48. The maximum Gasteiger partial charge on any atom is 0.297 e. The van der Waals surface area contributed by atoms with Crippen LogP contribution in [0.15, 0.2) is 15.9 Å². The molecule has 0 saturated carbocycles. The van der Waals surface area contributed by atoms with Crippen molar-refractivity contribution < 1.29 is 4.79 Å². The predicted molar refractivity (Wildman–Crippen MR) is 60.6 cm³/mol. The molecule has 2 nitrogen and oxygen atoms in total. The molecule has 0 saturated heterocycles. The molecule has 1 heterocycles. The van der Waals surface area contributed by atoms with Gasteiger partial charge in [-0.3, -0.25) is 4.79 Å². The van der Waals surface area contributed by atoms with Gasteiger partial charge in [-0.25, -0.2) is 0 Å². The molecule has 0 aliphatic carbocycles. The highest BCUT2D eigenvalue weighted by Gasteiger charge is 1.99. The van der Waals surface area contributed by atoms with Gasteiger partial charge in [0.25, 0.3) is 5.91 Å². The highest BCUT2D eigenvalue weighted by Crippen LogP contribution is 2.21. The first kappa shape index (κ1) is 10.8. The molecule has 5 heteroatoms. The summed E-state index contributed by atoms with van der Waals surface area (Å²) >= 11 is 7.78. The van der Waals surface area contributed by atoms with E-state index in [2.05, 4.69) is 47.9 Å². The van der Waals surface area contributed by atoms with E-state index in [1.807, 2.05) is 12.1 Å². The summed E-state index contributed by atoms with van der Waals surface area (Å²) in [5, 5.41) is 2.66. The number of halogens is 2. The summed E-state index contributed by atoms with van der Waals surface area (Å²) in [6.45, 7) is 0.525. The third kappa shape index (κ3) is 3.94. The van der Waals surface area contributed by atoms with Crippen LogP contribution < -0.4 is 5.32 Å². The molecule has 13 heavy (non-hydrogen) atoms. The number of carbonyl (C=O) groups is 1. The van der Waals surface area contributed by atoms with Gasteiger partial charge >= 0.3 is 0 Å². The van der Waals surface area contributed by atoms with Crippen molar-refractivity contribution in [3.05, 3.63) is 20.8 Å². The molecule has 0 aliphatic heterocycles. The maximum absolute atomic E-state index is 10.9. The number of nitrogens with one attached hydrogen (secondary N) is 1. The average Bonchev–Trinajstić information content (AvgIpc) is 2.49. The van der Waals surface area contributed by atoms with Crippen molar-refractivity contribution in [2.75, 3.05) is 0 Å². The molecule has 68 valence electrons. The number of hydrogen-bond donors (Lipinski definition) is 1. The topological polar surface area (TPSA) is 29.1 Å². The minimum atomic E-state index is -0.276. The second kappa shape index (κ2) is 5.43. The quantitative estimate of drug-likeness (QED) is 0.833. The highest BCUT2D eigenvalue weighted by molar-refractivity contribution is 9.12. The van der Waals surface area contributed by atoms with Crippen molar-refractivity contribution >= 4 is 49.1 Å². The molecule has 0 spiro atoms. The first-order valence-electron chi connectivity index (χ1n) is 3.36. The lowest BCUT2D eigenvalue weighted by atomic mass is 10.4. The zero-order valence-electron chi connectivity index (χ0n) is 6.43. The Bertz CT molecular complexity index is 364. The average molecular weight is 323 g/mol. The molecule has 1 aromatic rings. The van der Waals surface area contributed by atoms with E-state index in [0.29, 0.717) is 6.54 Å². The molecule has 1 aromatic heterocycles. The van der Waals surface area contributed by atoms with Gasteiger partial charge in [-0.1, -0.05) is 0 Å². The zero-order valence-corrected chi connectivity index (χ0v) is 10.4. The second-order valence-corrected chi connectivity index (χ2v) is 5.05. The molecule has 0 bridgehead atoms. The van der Waals surface area contributed by atoms with E-state index in [4.69, 9.17) is 0 Å². The number of rotatable bonds is 2. The van der Waals surface area contributed by atoms with Crippen molar-refractivity contribution in [1.82, 2.24) is 5.32 Å². The van der Waals surface area contributed by atoms with Crippen LogP contribution in [0.1, 0.15) is 4.88 Å². The van der Waals surface area contributed by atoms with Crippen LogP contribution in [0.3, 0.4) is 0 Å². The standard InChI is InChI=1S/C8H5Br2NOS/c9-4-3-8(12)11-5-6-1-2-7(10)13-6/h1-2H,5H2,(H,11,12). The van der Waals surface area contributed by atoms with E-state index in [0.717, 1.165) is 8.66 Å². The third-order valence-electron chi connectivity index (χ3n) is 1.21. The zero-order chi connectivity index (χ0) is 9.68. The number of carbonyl (C=O) groups excluding carboxylic acids is 1. The Labute approximate surface area is 97.0 Å². The normalized spacial score (nSPS) is 8.77. The monoisotopic (exact) mass is 321 g/mol. The summed E-state index contributed by atoms with van der Waals surface area (Å²) in [4.78, 5) is 14.3. The highest BCUT2D eigenvalue weighted by atomic mass is 79.9. The van der Waals surface area contributed by atoms with Crippen LogP contribution in [-0.2, 0) is 11.3 Å². The van der Waals surface area contributed by atoms with Gasteiger partial charge in [0, 0.05) is 26.7 Å². The van der Waals surface area contributed by atoms with E-state index >= 15 is 0 Å². The lowest BCUT2D eigenvalue weighted by Gasteiger charge is -1.95. The van der Waals surface area contributed by atoms with Crippen LogP contribution in [0.2, 0.25) is 0 Å². The lowest BCUT2D eigenvalue weighted by molar-refractivity contribution is -0.115. The van der Waals surface area contributed by atoms with Gasteiger partial charge in [0.15, 0.2) is 0 Å². The summed E-state index contributed by atoms with van der Waals surface area (Å²) in [7, 11) is 0. The van der Waals surface area contributed by atoms with Crippen molar-refractivity contribution in [3.63, 3.8) is 0 Å². The molecule has 0 fully saturated rings. The minimum absolute atomic E-state index is 0.276. The summed E-state index contributed by atoms with van der Waals surface area (Å²) in [6, 6.07) is 3.90. The van der Waals surface area contributed by atoms with Gasteiger partial charge in [-0.05, 0) is 32.9 Å². The fourth-order valence-electron chi connectivity index (χ4n) is 0.701. The summed E-state index contributed by atoms with van der Waals surface area (Å²) in [6.07, 6.45) is 0. The second-order valence-electron chi connectivity index (χ2n) is 2.11. The number of amides is 1. The fourth-order valence-corrected chi connectivity index (χ4v) is 2.30. The molecule has 0 aromatic carbocycles. The van der Waals surface area contributed by atoms with E-state index in [1.165, 1.54) is 0 Å². The maximum atomic E-state index is 10.9. The summed E-state index contributed by atoms with van der Waals surface area (Å²) in [5.74, 6) is 2.06. The fraction of sp³-hybridized carbons (Fsp3) is 0.125. The number of thiophene rings is 1. The van der Waals surface area contributed by atoms with Crippen molar-refractivity contribution in [2.45, 2.75) is 6.54 Å². The van der Waals surface area contributed by atoms with Gasteiger partial charge in [0.2, 0.25) is 0 Å². The van der Waals surface area contributed by atoms with Crippen LogP contribution in [0, 0.1) is 10.8 Å². The van der Waals surface area contributed by atoms with Gasteiger partial charge in [0.05, 0.1) is 10.3 Å². The van der Waals surface area contributed by atoms with Crippen LogP contribution in [0.25, 0.3) is 0 Å². The lowest BCUT2D eigenvalue weighted by Crippen LogP contribution is -2.19. The molecular formula is C8H5Br2NOS. The Morgan fingerprint density at radius 3 is 2.92 bits per heavy atom. The van der Waals surface area contributed by atoms with Crippen molar-refractivity contribution in [1.29, 1.82) is 0 Å². The largest absolute Gasteiger partial charge is 0.340 e. The Hall–Kier alpha value is -0.310. The van der Waals surface area contributed by atoms with Crippen LogP contribution >= 0.6 is 43.2 Å². The Morgan fingerprint density at radius 2 is 2.38 bits per heavy atom. The SMILES string of the molecule is O=C(C#CBr)NCc1ccc(Br)s1. The van der Waals surface area contributed by atoms with Crippen molar-refractivity contribution in [3.8, 4) is 10.8 Å². The smallest absolute Gasteiger partial charge is 0.297 e. The number of hydrogen-bond acceptors (Lipinski definition) is 2. The van der Waals surface area contributed by atoms with Gasteiger partial charge < -0.3 is 5.32 Å². The Kier molecular flexibility index (Phi) is 4.50. The first-order chi connectivity index (χ1) is 6.22. The van der Waals surface area contributed by atoms with E-state index in [9.17, 15) is 4.79 Å². The third-order valence-corrected chi connectivity index (χ3v) is 3.03. The van der Waals surface area contributed by atoms with Crippen LogP contribution in [-0.4, -0.2) is 5.91 Å².